The predicted molar refractivity (Wildman–Crippen MR) is 118 cm³/mol. The predicted octanol–water partition coefficient (Wildman–Crippen LogP) is 0.232. The summed E-state index contributed by atoms with van der Waals surface area (Å²) in [5, 5.41) is 0.0941. The first-order chi connectivity index (χ1) is 14.9. The van der Waals surface area contributed by atoms with Gasteiger partial charge in [-0.1, -0.05) is 13.0 Å². The van der Waals surface area contributed by atoms with Crippen LogP contribution in [0.25, 0.3) is 10.9 Å². The van der Waals surface area contributed by atoms with Crippen molar-refractivity contribution in [2.45, 2.75) is 18.4 Å². The molecule has 0 atom stereocenters. The van der Waals surface area contributed by atoms with E-state index in [1.54, 1.807) is 6.20 Å². The van der Waals surface area contributed by atoms with E-state index in [1.807, 2.05) is 12.1 Å². The lowest BCUT2D eigenvalue weighted by atomic mass is 10.2. The van der Waals surface area contributed by atoms with Gasteiger partial charge in [0.15, 0.2) is 0 Å². The Hall–Kier alpha value is -3.02. The number of nitrogens with one attached hydrogen (secondary N) is 3. The molecule has 0 unspecified atom stereocenters. The molecule has 3 aromatic rings. The van der Waals surface area contributed by atoms with Crippen molar-refractivity contribution < 1.29 is 8.42 Å². The number of rotatable bonds is 6. The zero-order valence-electron chi connectivity index (χ0n) is 17.1. The fraction of sp³-hybridized carbons (Fsp3) is 0.350. The molecule has 4 rings (SSSR count). The number of hydrogen-bond donors (Lipinski definition) is 3. The van der Waals surface area contributed by atoms with Crippen LogP contribution in [-0.2, 0) is 16.6 Å². The molecule has 1 aliphatic heterocycles. The summed E-state index contributed by atoms with van der Waals surface area (Å²) in [5.74, 6) is 0.880. The number of piperazine rings is 1. The monoisotopic (exact) mass is 444 g/mol. The Kier molecular flexibility index (Phi) is 5.90. The molecule has 10 nitrogen and oxygen atoms in total. The third-order valence-electron chi connectivity index (χ3n) is 5.44. The van der Waals surface area contributed by atoms with Crippen LogP contribution in [0.5, 0.6) is 0 Å². The van der Waals surface area contributed by atoms with Crippen LogP contribution in [0.15, 0.2) is 51.0 Å². The second-order valence-electron chi connectivity index (χ2n) is 7.39. The highest BCUT2D eigenvalue weighted by atomic mass is 32.2. The smallest absolute Gasteiger partial charge is 0.326 e. The summed E-state index contributed by atoms with van der Waals surface area (Å²) in [5.41, 5.74) is -0.292. The number of fused-ring (bicyclic) bond motifs is 1. The Morgan fingerprint density at radius 3 is 2.52 bits per heavy atom. The molecule has 3 N–H and O–H groups in total. The van der Waals surface area contributed by atoms with E-state index in [2.05, 4.69) is 36.4 Å². The van der Waals surface area contributed by atoms with Crippen LogP contribution in [-0.4, -0.2) is 61.0 Å². The summed E-state index contributed by atoms with van der Waals surface area (Å²) in [6.07, 6.45) is 1.67. The largest absolute Gasteiger partial charge is 0.354 e. The summed E-state index contributed by atoms with van der Waals surface area (Å²) in [7, 11) is -3.85. The van der Waals surface area contributed by atoms with Crippen LogP contribution in [0.1, 0.15) is 12.5 Å². The molecular weight excluding hydrogens is 420 g/mol. The van der Waals surface area contributed by atoms with E-state index in [4.69, 9.17) is 0 Å². The van der Waals surface area contributed by atoms with Crippen molar-refractivity contribution in [1.82, 2.24) is 24.6 Å². The van der Waals surface area contributed by atoms with Gasteiger partial charge in [-0.15, -0.1) is 0 Å². The highest BCUT2D eigenvalue weighted by Gasteiger charge is 2.18. The average Bonchev–Trinajstić information content (AvgIpc) is 2.78. The number of aromatic amines is 2. The van der Waals surface area contributed by atoms with Crippen LogP contribution in [0.4, 0.5) is 5.82 Å². The number of pyridine rings is 1. The minimum Gasteiger partial charge on any atom is -0.354 e. The van der Waals surface area contributed by atoms with Gasteiger partial charge in [-0.2, -0.15) is 0 Å². The number of sulfonamides is 1. The van der Waals surface area contributed by atoms with Crippen LogP contribution < -0.4 is 20.9 Å². The van der Waals surface area contributed by atoms with Gasteiger partial charge in [-0.05, 0) is 36.4 Å². The van der Waals surface area contributed by atoms with Crippen molar-refractivity contribution in [3.63, 3.8) is 0 Å². The quantitative estimate of drug-likeness (QED) is 0.496. The number of hydrogen-bond acceptors (Lipinski definition) is 7. The maximum atomic E-state index is 12.7. The zero-order valence-corrected chi connectivity index (χ0v) is 17.9. The second-order valence-corrected chi connectivity index (χ2v) is 9.15. The number of benzene rings is 1. The van der Waals surface area contributed by atoms with Gasteiger partial charge in [0.1, 0.15) is 5.82 Å². The molecule has 0 amide bonds. The van der Waals surface area contributed by atoms with Crippen LogP contribution in [0.2, 0.25) is 0 Å². The fourth-order valence-electron chi connectivity index (χ4n) is 3.57. The molecule has 0 saturated carbocycles. The minimum absolute atomic E-state index is 0.0593. The molecule has 0 aliphatic carbocycles. The number of likely N-dealkylation sites (N-methyl/N-ethyl adjacent to an activating group) is 1. The minimum atomic E-state index is -3.85. The Balaban J connectivity index is 1.44. The van der Waals surface area contributed by atoms with Crippen molar-refractivity contribution in [3.8, 4) is 0 Å². The van der Waals surface area contributed by atoms with E-state index in [9.17, 15) is 18.0 Å². The lowest BCUT2D eigenvalue weighted by molar-refractivity contribution is 0.270. The first kappa shape index (κ1) is 21.2. The number of aromatic nitrogens is 3. The summed E-state index contributed by atoms with van der Waals surface area (Å²) >= 11 is 0. The molecule has 3 heterocycles. The molecule has 164 valence electrons. The SMILES string of the molecule is CCN1CCN(c2ccc(CNS(=O)(=O)c3ccc4[nH]c(=O)[nH]c(=O)c4c3)cn2)CC1. The number of H-pyrrole nitrogens is 2. The van der Waals surface area contributed by atoms with E-state index in [0.717, 1.165) is 44.1 Å². The normalized spacial score (nSPS) is 15.5. The van der Waals surface area contributed by atoms with Crippen LogP contribution in [0, 0.1) is 0 Å². The van der Waals surface area contributed by atoms with Gasteiger partial charge in [0, 0.05) is 38.9 Å². The second kappa shape index (κ2) is 8.61. The molecule has 11 heteroatoms. The summed E-state index contributed by atoms with van der Waals surface area (Å²) in [6, 6.07) is 7.74. The Morgan fingerprint density at radius 2 is 1.84 bits per heavy atom. The lowest BCUT2D eigenvalue weighted by Crippen LogP contribution is -2.46. The van der Waals surface area contributed by atoms with Gasteiger partial charge in [0.25, 0.3) is 5.56 Å². The topological polar surface area (TPSA) is 131 Å². The third-order valence-corrected chi connectivity index (χ3v) is 6.84. The van der Waals surface area contributed by atoms with Gasteiger partial charge < -0.3 is 14.8 Å². The number of nitrogens with zero attached hydrogens (tertiary/aromatic N) is 3. The Bertz CT molecular complexity index is 1290. The summed E-state index contributed by atoms with van der Waals surface area (Å²) in [6.45, 7) is 7.10. The van der Waals surface area contributed by atoms with E-state index < -0.39 is 21.3 Å². The molecule has 31 heavy (non-hydrogen) atoms. The molecular formula is C20H24N6O4S. The number of anilines is 1. The Labute approximate surface area is 179 Å². The van der Waals surface area contributed by atoms with Gasteiger partial charge in [-0.3, -0.25) is 9.78 Å². The standard InChI is InChI=1S/C20H24N6O4S/c1-2-25-7-9-26(10-8-25)18-6-3-14(12-21-18)13-22-31(29,30)15-4-5-17-16(11-15)19(27)24-20(28)23-17/h3-6,11-12,22H,2,7-10,13H2,1H3,(H2,23,24,27,28). The third kappa shape index (κ3) is 4.68. The van der Waals surface area contributed by atoms with Crippen molar-refractivity contribution in [2.75, 3.05) is 37.6 Å². The van der Waals surface area contributed by atoms with Crippen LogP contribution >= 0.6 is 0 Å². The summed E-state index contributed by atoms with van der Waals surface area (Å²) in [4.78, 5) is 36.9. The maximum absolute atomic E-state index is 12.7. The zero-order chi connectivity index (χ0) is 22.0. The molecule has 0 radical (unpaired) electrons. The maximum Gasteiger partial charge on any atom is 0.326 e. The van der Waals surface area contributed by atoms with E-state index in [0.29, 0.717) is 0 Å². The van der Waals surface area contributed by atoms with Gasteiger partial charge in [0.2, 0.25) is 10.0 Å². The first-order valence-electron chi connectivity index (χ1n) is 10.0. The molecule has 0 spiro atoms. The highest BCUT2D eigenvalue weighted by molar-refractivity contribution is 7.89. The molecule has 0 bridgehead atoms. The lowest BCUT2D eigenvalue weighted by Gasteiger charge is -2.34. The molecule has 1 aromatic carbocycles. The van der Waals surface area contributed by atoms with Crippen LogP contribution in [0.3, 0.4) is 0 Å². The van der Waals surface area contributed by atoms with Crippen molar-refractivity contribution >= 4 is 26.7 Å². The van der Waals surface area contributed by atoms with E-state index in [1.165, 1.54) is 18.2 Å². The van der Waals surface area contributed by atoms with Crippen molar-refractivity contribution in [3.05, 3.63) is 62.9 Å². The molecule has 1 saturated heterocycles. The molecule has 1 aliphatic rings. The first-order valence-corrected chi connectivity index (χ1v) is 11.5. The van der Waals surface area contributed by atoms with E-state index in [-0.39, 0.29) is 22.3 Å². The molecule has 2 aromatic heterocycles. The summed E-state index contributed by atoms with van der Waals surface area (Å²) < 4.78 is 27.9. The average molecular weight is 445 g/mol. The van der Waals surface area contributed by atoms with Crippen molar-refractivity contribution in [1.29, 1.82) is 0 Å². The van der Waals surface area contributed by atoms with E-state index >= 15 is 0 Å². The van der Waals surface area contributed by atoms with Gasteiger partial charge in [-0.25, -0.2) is 22.9 Å². The fourth-order valence-corrected chi connectivity index (χ4v) is 4.62. The Morgan fingerprint density at radius 1 is 1.06 bits per heavy atom. The van der Waals surface area contributed by atoms with Gasteiger partial charge in [0.05, 0.1) is 15.8 Å². The van der Waals surface area contributed by atoms with Gasteiger partial charge >= 0.3 is 5.69 Å². The highest BCUT2D eigenvalue weighted by Crippen LogP contribution is 2.16. The molecule has 1 fully saturated rings. The van der Waals surface area contributed by atoms with Crippen molar-refractivity contribution in [2.24, 2.45) is 0 Å².